The molecule has 0 saturated carbocycles. The van der Waals surface area contributed by atoms with Crippen LogP contribution in [0, 0.1) is 0 Å². The van der Waals surface area contributed by atoms with Crippen LogP contribution in [0.25, 0.3) is 0 Å². The first-order chi connectivity index (χ1) is 8.63. The van der Waals surface area contributed by atoms with Crippen molar-refractivity contribution in [1.82, 2.24) is 15.1 Å². The molecule has 0 bridgehead atoms. The second-order valence-corrected chi connectivity index (χ2v) is 4.56. The van der Waals surface area contributed by atoms with Gasteiger partial charge in [-0.3, -0.25) is 9.69 Å². The van der Waals surface area contributed by atoms with Crippen molar-refractivity contribution in [3.05, 3.63) is 0 Å². The van der Waals surface area contributed by atoms with Gasteiger partial charge in [-0.15, -0.1) is 0 Å². The summed E-state index contributed by atoms with van der Waals surface area (Å²) in [5.74, 6) is -0.822. The van der Waals surface area contributed by atoms with Crippen LogP contribution in [0.1, 0.15) is 26.2 Å². The number of piperazine rings is 1. The maximum atomic E-state index is 11.8. The van der Waals surface area contributed by atoms with Crippen LogP contribution in [0.5, 0.6) is 0 Å². The quantitative estimate of drug-likeness (QED) is 0.683. The molecule has 1 heterocycles. The lowest BCUT2D eigenvalue weighted by atomic mass is 10.3. The predicted octanol–water partition coefficient (Wildman–Crippen LogP) is 0.588. The molecule has 0 spiro atoms. The number of nitrogens with zero attached hydrogens (tertiary/aromatic N) is 2. The fourth-order valence-corrected chi connectivity index (χ4v) is 2.04. The molecule has 0 aliphatic carbocycles. The zero-order valence-electron chi connectivity index (χ0n) is 11.0. The van der Waals surface area contributed by atoms with Crippen LogP contribution in [-0.2, 0) is 4.79 Å². The van der Waals surface area contributed by atoms with Gasteiger partial charge < -0.3 is 15.3 Å². The van der Waals surface area contributed by atoms with Gasteiger partial charge in [0.1, 0.15) is 0 Å². The number of rotatable bonds is 6. The first-order valence-electron chi connectivity index (χ1n) is 6.60. The van der Waals surface area contributed by atoms with E-state index >= 15 is 0 Å². The van der Waals surface area contributed by atoms with E-state index in [1.54, 1.807) is 4.90 Å². The van der Waals surface area contributed by atoms with E-state index in [-0.39, 0.29) is 12.5 Å². The van der Waals surface area contributed by atoms with Gasteiger partial charge in [0, 0.05) is 39.1 Å². The number of urea groups is 1. The Morgan fingerprint density at radius 1 is 1.22 bits per heavy atom. The lowest BCUT2D eigenvalue weighted by Gasteiger charge is -2.34. The summed E-state index contributed by atoms with van der Waals surface area (Å²) < 4.78 is 0. The first kappa shape index (κ1) is 14.8. The van der Waals surface area contributed by atoms with E-state index in [9.17, 15) is 9.59 Å². The molecule has 104 valence electrons. The molecule has 1 fully saturated rings. The molecule has 0 unspecified atom stereocenters. The number of carbonyl (C=O) groups is 2. The van der Waals surface area contributed by atoms with Gasteiger partial charge in [0.2, 0.25) is 0 Å². The standard InChI is InChI=1S/C12H23N3O3/c1-2-6-14-7-9-15(10-8-14)12(18)13-5-3-4-11(16)17/h2-10H2,1H3,(H,13,18)(H,16,17). The Labute approximate surface area is 108 Å². The Bertz CT molecular complexity index is 276. The van der Waals surface area contributed by atoms with Gasteiger partial charge in [0.05, 0.1) is 0 Å². The molecule has 6 nitrogen and oxygen atoms in total. The normalized spacial score (nSPS) is 16.6. The third-order valence-electron chi connectivity index (χ3n) is 3.04. The summed E-state index contributed by atoms with van der Waals surface area (Å²) in [6, 6.07) is -0.0727. The van der Waals surface area contributed by atoms with Gasteiger partial charge in [0.15, 0.2) is 0 Å². The number of amides is 2. The van der Waals surface area contributed by atoms with Gasteiger partial charge in [-0.05, 0) is 19.4 Å². The number of aliphatic carboxylic acids is 1. The molecule has 1 saturated heterocycles. The summed E-state index contributed by atoms with van der Waals surface area (Å²) in [6.07, 6.45) is 1.73. The van der Waals surface area contributed by atoms with E-state index in [0.717, 1.165) is 39.1 Å². The molecular weight excluding hydrogens is 234 g/mol. The first-order valence-corrected chi connectivity index (χ1v) is 6.60. The second-order valence-electron chi connectivity index (χ2n) is 4.56. The molecule has 1 rings (SSSR count). The number of hydrogen-bond acceptors (Lipinski definition) is 3. The molecule has 0 aromatic heterocycles. The minimum atomic E-state index is -0.822. The Balaban J connectivity index is 2.14. The highest BCUT2D eigenvalue weighted by Crippen LogP contribution is 2.02. The van der Waals surface area contributed by atoms with E-state index in [0.29, 0.717) is 13.0 Å². The minimum absolute atomic E-state index is 0.0727. The fourth-order valence-electron chi connectivity index (χ4n) is 2.04. The van der Waals surface area contributed by atoms with Crippen molar-refractivity contribution in [1.29, 1.82) is 0 Å². The lowest BCUT2D eigenvalue weighted by Crippen LogP contribution is -2.51. The van der Waals surface area contributed by atoms with Crippen molar-refractivity contribution >= 4 is 12.0 Å². The lowest BCUT2D eigenvalue weighted by molar-refractivity contribution is -0.137. The predicted molar refractivity (Wildman–Crippen MR) is 68.6 cm³/mol. The van der Waals surface area contributed by atoms with Crippen LogP contribution >= 0.6 is 0 Å². The molecule has 1 aliphatic heterocycles. The third kappa shape index (κ3) is 5.35. The Morgan fingerprint density at radius 2 is 1.89 bits per heavy atom. The maximum Gasteiger partial charge on any atom is 0.317 e. The number of carbonyl (C=O) groups excluding carboxylic acids is 1. The average molecular weight is 257 g/mol. The minimum Gasteiger partial charge on any atom is -0.481 e. The van der Waals surface area contributed by atoms with E-state index in [2.05, 4.69) is 17.1 Å². The van der Waals surface area contributed by atoms with Gasteiger partial charge in [-0.25, -0.2) is 4.79 Å². The monoisotopic (exact) mass is 257 g/mol. The van der Waals surface area contributed by atoms with Crippen molar-refractivity contribution < 1.29 is 14.7 Å². The van der Waals surface area contributed by atoms with Gasteiger partial charge in [-0.1, -0.05) is 6.92 Å². The highest BCUT2D eigenvalue weighted by atomic mass is 16.4. The zero-order valence-corrected chi connectivity index (χ0v) is 11.0. The van der Waals surface area contributed by atoms with Crippen molar-refractivity contribution in [2.45, 2.75) is 26.2 Å². The number of carboxylic acid groups (broad SMARTS) is 1. The van der Waals surface area contributed by atoms with Gasteiger partial charge >= 0.3 is 12.0 Å². The van der Waals surface area contributed by atoms with Crippen LogP contribution in [0.15, 0.2) is 0 Å². The fraction of sp³-hybridized carbons (Fsp3) is 0.833. The van der Waals surface area contributed by atoms with Crippen LogP contribution in [-0.4, -0.2) is 66.2 Å². The van der Waals surface area contributed by atoms with Crippen LogP contribution in [0.4, 0.5) is 4.79 Å². The molecule has 0 atom stereocenters. The summed E-state index contributed by atoms with van der Waals surface area (Å²) in [7, 11) is 0. The van der Waals surface area contributed by atoms with Crippen molar-refractivity contribution in [3.63, 3.8) is 0 Å². The molecular formula is C12H23N3O3. The molecule has 2 N–H and O–H groups in total. The zero-order chi connectivity index (χ0) is 13.4. The van der Waals surface area contributed by atoms with Crippen LogP contribution < -0.4 is 5.32 Å². The molecule has 0 radical (unpaired) electrons. The van der Waals surface area contributed by atoms with Crippen molar-refractivity contribution in [2.24, 2.45) is 0 Å². The van der Waals surface area contributed by atoms with Crippen LogP contribution in [0.2, 0.25) is 0 Å². The van der Waals surface area contributed by atoms with E-state index in [1.165, 1.54) is 0 Å². The molecule has 0 aromatic rings. The maximum absolute atomic E-state index is 11.8. The van der Waals surface area contributed by atoms with Crippen molar-refractivity contribution in [3.8, 4) is 0 Å². The summed E-state index contributed by atoms with van der Waals surface area (Å²) in [4.78, 5) is 26.2. The average Bonchev–Trinajstić information content (AvgIpc) is 2.35. The van der Waals surface area contributed by atoms with Crippen LogP contribution in [0.3, 0.4) is 0 Å². The van der Waals surface area contributed by atoms with E-state index in [4.69, 9.17) is 5.11 Å². The highest BCUT2D eigenvalue weighted by molar-refractivity contribution is 5.74. The summed E-state index contributed by atoms with van der Waals surface area (Å²) in [5, 5.41) is 11.2. The summed E-state index contributed by atoms with van der Waals surface area (Å²) in [6.45, 7) is 7.04. The second kappa shape index (κ2) is 7.92. The van der Waals surface area contributed by atoms with Crippen molar-refractivity contribution in [2.75, 3.05) is 39.3 Å². The summed E-state index contributed by atoms with van der Waals surface area (Å²) in [5.41, 5.74) is 0. The molecule has 18 heavy (non-hydrogen) atoms. The molecule has 2 amide bonds. The topological polar surface area (TPSA) is 72.9 Å². The molecule has 6 heteroatoms. The van der Waals surface area contributed by atoms with E-state index in [1.807, 2.05) is 0 Å². The Kier molecular flexibility index (Phi) is 6.49. The number of carboxylic acids is 1. The van der Waals surface area contributed by atoms with Gasteiger partial charge in [-0.2, -0.15) is 0 Å². The smallest absolute Gasteiger partial charge is 0.317 e. The molecule has 1 aliphatic rings. The molecule has 0 aromatic carbocycles. The van der Waals surface area contributed by atoms with E-state index < -0.39 is 5.97 Å². The number of hydrogen-bond donors (Lipinski definition) is 2. The Hall–Kier alpha value is -1.30. The summed E-state index contributed by atoms with van der Waals surface area (Å²) >= 11 is 0. The SMILES string of the molecule is CCCN1CCN(C(=O)NCCCC(=O)O)CC1. The highest BCUT2D eigenvalue weighted by Gasteiger charge is 2.19. The number of nitrogens with one attached hydrogen (secondary N) is 1. The Morgan fingerprint density at radius 3 is 2.44 bits per heavy atom. The largest absolute Gasteiger partial charge is 0.481 e. The van der Waals surface area contributed by atoms with Gasteiger partial charge in [0.25, 0.3) is 0 Å². The third-order valence-corrected chi connectivity index (χ3v) is 3.04.